The van der Waals surface area contributed by atoms with E-state index >= 15 is 0 Å². The smallest absolute Gasteiger partial charge is 0.293 e. The van der Waals surface area contributed by atoms with Crippen LogP contribution in [0.5, 0.6) is 5.88 Å². The Morgan fingerprint density at radius 2 is 2.16 bits per heavy atom. The van der Waals surface area contributed by atoms with Crippen molar-refractivity contribution in [2.24, 2.45) is 0 Å². The van der Waals surface area contributed by atoms with Crippen LogP contribution >= 0.6 is 0 Å². The number of nitrogen functional groups attached to an aromatic ring is 1. The molecule has 127 valence electrons. The highest BCUT2D eigenvalue weighted by atomic mass is 16.5. The number of nitrogens with zero attached hydrogens (tertiary/aromatic N) is 2. The summed E-state index contributed by atoms with van der Waals surface area (Å²) >= 11 is 0. The second-order valence-corrected chi connectivity index (χ2v) is 5.99. The van der Waals surface area contributed by atoms with Crippen molar-refractivity contribution in [2.45, 2.75) is 18.9 Å². The Labute approximate surface area is 147 Å². The van der Waals surface area contributed by atoms with Crippen molar-refractivity contribution in [3.63, 3.8) is 0 Å². The number of benzene rings is 1. The molecule has 1 fully saturated rings. The average molecular weight is 336 g/mol. The lowest BCUT2D eigenvalue weighted by Gasteiger charge is -2.30. The Hall–Kier alpha value is -2.67. The highest BCUT2D eigenvalue weighted by Gasteiger charge is 2.29. The van der Waals surface area contributed by atoms with Crippen molar-refractivity contribution in [1.82, 2.24) is 9.79 Å². The summed E-state index contributed by atoms with van der Waals surface area (Å²) < 4.78 is 5.67. The molecule has 1 atom stereocenters. The van der Waals surface area contributed by atoms with Gasteiger partial charge in [-0.15, -0.1) is 0 Å². The number of rotatable bonds is 6. The maximum Gasteiger partial charge on any atom is 0.293 e. The van der Waals surface area contributed by atoms with E-state index in [4.69, 9.17) is 10.5 Å². The van der Waals surface area contributed by atoms with Crippen molar-refractivity contribution >= 4 is 25.1 Å². The molecule has 0 aliphatic carbocycles. The normalized spacial score (nSPS) is 17.9. The maximum absolute atomic E-state index is 12.2. The molecule has 1 aromatic carbocycles. The second-order valence-electron chi connectivity index (χ2n) is 5.99. The first-order valence-electron chi connectivity index (χ1n) is 8.15. The second kappa shape index (κ2) is 7.94. The van der Waals surface area contributed by atoms with Crippen LogP contribution in [-0.2, 0) is 16.2 Å². The van der Waals surface area contributed by atoms with E-state index in [9.17, 15) is 9.59 Å². The number of ether oxygens (including phenoxy) is 1. The molecule has 7 heteroatoms. The molecular weight excluding hydrogens is 317 g/mol. The van der Waals surface area contributed by atoms with E-state index < -0.39 is 0 Å². The monoisotopic (exact) mass is 336 g/mol. The van der Waals surface area contributed by atoms with Crippen molar-refractivity contribution in [2.75, 3.05) is 18.8 Å². The minimum atomic E-state index is -0.331. The van der Waals surface area contributed by atoms with E-state index in [1.807, 2.05) is 35.1 Å². The molecule has 2 N–H and O–H groups in total. The first-order valence-corrected chi connectivity index (χ1v) is 8.15. The third-order valence-electron chi connectivity index (χ3n) is 4.24. The van der Waals surface area contributed by atoms with Crippen molar-refractivity contribution in [3.8, 4) is 5.88 Å². The molecule has 1 aliphatic heterocycles. The molecule has 0 bridgehead atoms. The van der Waals surface area contributed by atoms with Gasteiger partial charge in [0.15, 0.2) is 0 Å². The molecule has 2 heterocycles. The number of Topliss-reactive ketones (excluding diaryl/α,β-unsaturated/α-hetero) is 1. The van der Waals surface area contributed by atoms with E-state index in [2.05, 4.69) is 4.98 Å². The lowest BCUT2D eigenvalue weighted by atomic mass is 9.83. The van der Waals surface area contributed by atoms with Crippen LogP contribution in [0.4, 0.5) is 5.69 Å². The van der Waals surface area contributed by atoms with Crippen LogP contribution in [0.15, 0.2) is 42.6 Å². The molecule has 1 unspecified atom stereocenters. The van der Waals surface area contributed by atoms with Gasteiger partial charge in [0.2, 0.25) is 5.88 Å². The number of pyridine rings is 1. The van der Waals surface area contributed by atoms with Gasteiger partial charge in [-0.05, 0) is 23.7 Å². The van der Waals surface area contributed by atoms with Gasteiger partial charge in [-0.1, -0.05) is 30.3 Å². The van der Waals surface area contributed by atoms with Gasteiger partial charge in [0, 0.05) is 19.2 Å². The fourth-order valence-corrected chi connectivity index (χ4v) is 2.89. The molecule has 0 spiro atoms. The zero-order valence-corrected chi connectivity index (χ0v) is 13.8. The maximum atomic E-state index is 12.2. The van der Waals surface area contributed by atoms with Crippen LogP contribution in [0.3, 0.4) is 0 Å². The summed E-state index contributed by atoms with van der Waals surface area (Å²) in [4.78, 5) is 29.0. The molecular formula is C18H19BN3O3. The van der Waals surface area contributed by atoms with Gasteiger partial charge >= 0.3 is 0 Å². The minimum Gasteiger partial charge on any atom is -0.471 e. The standard InChI is InChI=1S/C18H19BN3O3/c20-16-8-14(15-10-22(19-12-23)7-6-17(15)24)9-21-18(16)25-11-13-4-2-1-3-5-13/h1-5,8-9,12,15H,6-7,10-11,20H2. The summed E-state index contributed by atoms with van der Waals surface area (Å²) in [7, 11) is 1.47. The molecule has 2 aromatic rings. The number of hydrogen-bond donors (Lipinski definition) is 1. The molecule has 1 aliphatic rings. The van der Waals surface area contributed by atoms with Gasteiger partial charge in [0.25, 0.3) is 7.41 Å². The first-order chi connectivity index (χ1) is 12.2. The number of nitrogens with two attached hydrogens (primary N) is 1. The minimum absolute atomic E-state index is 0.134. The first kappa shape index (κ1) is 17.2. The fraction of sp³-hybridized carbons (Fsp3) is 0.278. The third kappa shape index (κ3) is 4.25. The molecule has 25 heavy (non-hydrogen) atoms. The Kier molecular flexibility index (Phi) is 5.45. The van der Waals surface area contributed by atoms with Crippen molar-refractivity contribution in [3.05, 3.63) is 53.7 Å². The van der Waals surface area contributed by atoms with Crippen LogP contribution in [0.1, 0.15) is 23.5 Å². The van der Waals surface area contributed by atoms with Crippen molar-refractivity contribution < 1.29 is 14.3 Å². The highest BCUT2D eigenvalue weighted by molar-refractivity contribution is 6.64. The Morgan fingerprint density at radius 3 is 2.88 bits per heavy atom. The SMILES string of the molecule is Nc1cc(C2CN([B]C=O)CCC2=O)cnc1OCc1ccccc1. The van der Waals surface area contributed by atoms with Gasteiger partial charge in [-0.2, -0.15) is 0 Å². The van der Waals surface area contributed by atoms with E-state index in [-0.39, 0.29) is 11.7 Å². The fourth-order valence-electron chi connectivity index (χ4n) is 2.89. The summed E-state index contributed by atoms with van der Waals surface area (Å²) in [5.41, 5.74) is 8.23. The van der Waals surface area contributed by atoms with Gasteiger partial charge in [-0.25, -0.2) is 4.98 Å². The molecule has 1 aromatic heterocycles. The summed E-state index contributed by atoms with van der Waals surface area (Å²) in [5.74, 6) is 0.157. The van der Waals surface area contributed by atoms with Crippen LogP contribution in [0.25, 0.3) is 0 Å². The Balaban J connectivity index is 1.70. The van der Waals surface area contributed by atoms with E-state index in [0.29, 0.717) is 37.7 Å². The molecule has 1 saturated heterocycles. The van der Waals surface area contributed by atoms with Crippen LogP contribution < -0.4 is 10.5 Å². The largest absolute Gasteiger partial charge is 0.471 e. The van der Waals surface area contributed by atoms with E-state index in [0.717, 1.165) is 17.3 Å². The van der Waals surface area contributed by atoms with Crippen LogP contribution in [0, 0.1) is 0 Å². The molecule has 1 radical (unpaired) electrons. The van der Waals surface area contributed by atoms with Gasteiger partial charge in [0.05, 0.1) is 17.8 Å². The van der Waals surface area contributed by atoms with Crippen LogP contribution in [0.2, 0.25) is 0 Å². The number of carbonyl (C=O) groups is 2. The van der Waals surface area contributed by atoms with Gasteiger partial charge < -0.3 is 20.1 Å². The third-order valence-corrected chi connectivity index (χ3v) is 4.24. The van der Waals surface area contributed by atoms with Gasteiger partial charge in [0.1, 0.15) is 12.4 Å². The zero-order valence-electron chi connectivity index (χ0n) is 13.8. The van der Waals surface area contributed by atoms with Crippen LogP contribution in [-0.4, -0.2) is 42.3 Å². The zero-order chi connectivity index (χ0) is 17.6. The number of carbonyl (C=O) groups excluding carboxylic acids is 2. The lowest BCUT2D eigenvalue weighted by Crippen LogP contribution is -2.42. The summed E-state index contributed by atoms with van der Waals surface area (Å²) in [5, 5.41) is 0. The summed E-state index contributed by atoms with van der Waals surface area (Å²) in [6.07, 6.45) is 2.77. The average Bonchev–Trinajstić information content (AvgIpc) is 2.63. The number of hydrogen-bond acceptors (Lipinski definition) is 6. The summed E-state index contributed by atoms with van der Waals surface area (Å²) in [6.45, 7) is 1.40. The predicted molar refractivity (Wildman–Crippen MR) is 95.9 cm³/mol. The molecule has 3 rings (SSSR count). The van der Waals surface area contributed by atoms with E-state index in [1.165, 1.54) is 7.41 Å². The lowest BCUT2D eigenvalue weighted by molar-refractivity contribution is -0.122. The van der Waals surface area contributed by atoms with Crippen molar-refractivity contribution in [1.29, 1.82) is 0 Å². The Bertz CT molecular complexity index is 754. The number of anilines is 1. The molecule has 0 amide bonds. The number of ketones is 1. The highest BCUT2D eigenvalue weighted by Crippen LogP contribution is 2.28. The number of piperidine rings is 1. The molecule has 0 saturated carbocycles. The Morgan fingerprint density at radius 1 is 1.36 bits per heavy atom. The number of aromatic nitrogens is 1. The predicted octanol–water partition coefficient (Wildman–Crippen LogP) is 1.41. The topological polar surface area (TPSA) is 85.5 Å². The van der Waals surface area contributed by atoms with E-state index in [1.54, 1.807) is 12.3 Å². The van der Waals surface area contributed by atoms with Gasteiger partial charge in [-0.3, -0.25) is 4.79 Å². The molecule has 6 nitrogen and oxygen atoms in total. The quantitative estimate of drug-likeness (QED) is 0.634. The summed E-state index contributed by atoms with van der Waals surface area (Å²) in [6, 6.07) is 11.5.